The van der Waals surface area contributed by atoms with Crippen LogP contribution in [0.3, 0.4) is 0 Å². The molecule has 0 amide bonds. The molecule has 0 aliphatic carbocycles. The third-order valence-corrected chi connectivity index (χ3v) is 11.1. The Morgan fingerprint density at radius 2 is 1.00 bits per heavy atom. The van der Waals surface area contributed by atoms with Crippen LogP contribution in [0.15, 0.2) is 134 Å². The SMILES string of the molecule is COC(=O)c1cc2c(Nc3ccc(-c4ccccc4)cc3)cnc(Cl)c2s1.COC(=O)c1cc2c(Nc3ccc(-c4ccccc4)cc3)cnc(N)c2s1. The number of carbonyl (C=O) groups excluding carboxylic acids is 2. The van der Waals surface area contributed by atoms with Crippen molar-refractivity contribution in [2.75, 3.05) is 30.6 Å². The summed E-state index contributed by atoms with van der Waals surface area (Å²) in [6, 6.07) is 40.3. The molecule has 0 atom stereocenters. The van der Waals surface area contributed by atoms with Gasteiger partial charge in [0.15, 0.2) is 0 Å². The predicted molar refractivity (Wildman–Crippen MR) is 222 cm³/mol. The molecule has 12 heteroatoms. The van der Waals surface area contributed by atoms with Crippen molar-refractivity contribution in [3.8, 4) is 22.3 Å². The molecule has 0 saturated carbocycles. The van der Waals surface area contributed by atoms with Crippen molar-refractivity contribution < 1.29 is 19.1 Å². The Morgan fingerprint density at radius 3 is 1.46 bits per heavy atom. The maximum atomic E-state index is 11.8. The fraction of sp³-hybridized carbons (Fsp3) is 0.0476. The van der Waals surface area contributed by atoms with Gasteiger partial charge in [0.2, 0.25) is 0 Å². The van der Waals surface area contributed by atoms with Gasteiger partial charge in [-0.25, -0.2) is 19.6 Å². The van der Waals surface area contributed by atoms with Crippen molar-refractivity contribution in [1.82, 2.24) is 9.97 Å². The highest BCUT2D eigenvalue weighted by atomic mass is 35.5. The number of thiophene rings is 2. The standard InChI is InChI=1S/C21H15ClN2O2S.C21H17N3O2S/c2*1-26-21(25)18-11-16-17(12-23-20(22)19(16)27-18)24-15-9-7-14(8-10-15)13-5-3-2-4-6-13/h2-12,24H,1H3;2-12,24H,1H3,(H2,22,23). The Bertz CT molecular complexity index is 2400. The van der Waals surface area contributed by atoms with Gasteiger partial charge in [0.25, 0.3) is 0 Å². The van der Waals surface area contributed by atoms with Crippen LogP contribution in [0.25, 0.3) is 42.4 Å². The van der Waals surface area contributed by atoms with Gasteiger partial charge in [-0.3, -0.25) is 0 Å². The highest BCUT2D eigenvalue weighted by Gasteiger charge is 2.17. The summed E-state index contributed by atoms with van der Waals surface area (Å²) >= 11 is 8.75. The first-order valence-corrected chi connectivity index (χ1v) is 18.6. The number of pyridine rings is 2. The molecule has 0 aliphatic heterocycles. The van der Waals surface area contributed by atoms with E-state index in [4.69, 9.17) is 26.8 Å². The van der Waals surface area contributed by atoms with E-state index in [1.165, 1.54) is 48.0 Å². The van der Waals surface area contributed by atoms with E-state index in [0.29, 0.717) is 20.7 Å². The van der Waals surface area contributed by atoms with E-state index < -0.39 is 0 Å². The lowest BCUT2D eigenvalue weighted by Crippen LogP contribution is -1.97. The molecular weight excluding hydrogens is 738 g/mol. The Hall–Kier alpha value is -6.27. The second kappa shape index (κ2) is 16.2. The van der Waals surface area contributed by atoms with Crippen LogP contribution >= 0.6 is 34.3 Å². The van der Waals surface area contributed by atoms with E-state index >= 15 is 0 Å². The summed E-state index contributed by atoms with van der Waals surface area (Å²) < 4.78 is 11.1. The minimum Gasteiger partial charge on any atom is -0.465 e. The Labute approximate surface area is 324 Å². The number of methoxy groups -OCH3 is 2. The Morgan fingerprint density at radius 1 is 0.593 bits per heavy atom. The third kappa shape index (κ3) is 7.88. The number of hydrogen-bond acceptors (Lipinski definition) is 11. The minimum atomic E-state index is -0.384. The molecule has 268 valence electrons. The molecule has 0 bridgehead atoms. The zero-order valence-electron chi connectivity index (χ0n) is 29.0. The topological polar surface area (TPSA) is 128 Å². The zero-order valence-corrected chi connectivity index (χ0v) is 31.4. The molecule has 0 aliphatic rings. The smallest absolute Gasteiger partial charge is 0.348 e. The van der Waals surface area contributed by atoms with Crippen LogP contribution in [0.2, 0.25) is 5.15 Å². The number of ether oxygens (including phenoxy) is 2. The number of nitrogens with two attached hydrogens (primary N) is 1. The Kier molecular flexibility index (Phi) is 10.8. The lowest BCUT2D eigenvalue weighted by atomic mass is 10.1. The number of esters is 2. The number of anilines is 5. The lowest BCUT2D eigenvalue weighted by molar-refractivity contribution is 0.0597. The van der Waals surface area contributed by atoms with Crippen LogP contribution in [0.4, 0.5) is 28.6 Å². The summed E-state index contributed by atoms with van der Waals surface area (Å²) in [5.41, 5.74) is 14.0. The molecule has 8 aromatic rings. The van der Waals surface area contributed by atoms with E-state index in [2.05, 4.69) is 69.1 Å². The first-order valence-electron chi connectivity index (χ1n) is 16.6. The quantitative estimate of drug-likeness (QED) is 0.102. The summed E-state index contributed by atoms with van der Waals surface area (Å²) in [6.07, 6.45) is 3.35. The number of aromatic nitrogens is 2. The van der Waals surface area contributed by atoms with Gasteiger partial charge in [-0.15, -0.1) is 22.7 Å². The predicted octanol–water partition coefficient (Wildman–Crippen LogP) is 11.2. The average Bonchev–Trinajstić information content (AvgIpc) is 3.89. The number of nitrogens with one attached hydrogen (secondary N) is 2. The van der Waals surface area contributed by atoms with Gasteiger partial charge in [-0.2, -0.15) is 0 Å². The van der Waals surface area contributed by atoms with Gasteiger partial charge in [0.1, 0.15) is 20.7 Å². The number of benzene rings is 4. The first kappa shape index (κ1) is 36.1. The minimum absolute atomic E-state index is 0.370. The fourth-order valence-electron chi connectivity index (χ4n) is 5.70. The number of nitrogen functional groups attached to an aromatic ring is 1. The molecule has 0 unspecified atom stereocenters. The number of halogens is 1. The van der Waals surface area contributed by atoms with Crippen LogP contribution < -0.4 is 16.4 Å². The van der Waals surface area contributed by atoms with Crippen LogP contribution in [-0.4, -0.2) is 36.1 Å². The normalized spacial score (nSPS) is 10.7. The second-order valence-corrected chi connectivity index (χ2v) is 14.3. The van der Waals surface area contributed by atoms with Gasteiger partial charge in [0.05, 0.1) is 47.4 Å². The maximum absolute atomic E-state index is 11.8. The van der Waals surface area contributed by atoms with Gasteiger partial charge in [0, 0.05) is 22.1 Å². The molecule has 0 saturated heterocycles. The zero-order chi connectivity index (χ0) is 37.6. The molecule has 4 aromatic heterocycles. The third-order valence-electron chi connectivity index (χ3n) is 8.42. The van der Waals surface area contributed by atoms with Crippen LogP contribution in [0, 0.1) is 0 Å². The highest BCUT2D eigenvalue weighted by molar-refractivity contribution is 7.21. The second-order valence-electron chi connectivity index (χ2n) is 11.8. The van der Waals surface area contributed by atoms with Crippen LogP contribution in [0.1, 0.15) is 19.3 Å². The highest BCUT2D eigenvalue weighted by Crippen LogP contribution is 2.38. The van der Waals surface area contributed by atoms with E-state index in [1.807, 2.05) is 60.7 Å². The summed E-state index contributed by atoms with van der Waals surface area (Å²) in [5, 5.41) is 8.77. The van der Waals surface area contributed by atoms with E-state index in [0.717, 1.165) is 54.0 Å². The molecule has 4 aromatic carbocycles. The molecule has 0 fully saturated rings. The van der Waals surface area contributed by atoms with Crippen molar-refractivity contribution in [3.63, 3.8) is 0 Å². The van der Waals surface area contributed by atoms with Crippen molar-refractivity contribution in [2.24, 2.45) is 0 Å². The molecule has 4 N–H and O–H groups in total. The average molecular weight is 770 g/mol. The molecule has 0 radical (unpaired) electrons. The number of rotatable bonds is 8. The van der Waals surface area contributed by atoms with Crippen molar-refractivity contribution in [3.05, 3.63) is 149 Å². The largest absolute Gasteiger partial charge is 0.465 e. The summed E-state index contributed by atoms with van der Waals surface area (Å²) in [7, 11) is 2.72. The molecule has 9 nitrogen and oxygen atoms in total. The summed E-state index contributed by atoms with van der Waals surface area (Å²) in [4.78, 5) is 33.1. The van der Waals surface area contributed by atoms with E-state index in [9.17, 15) is 9.59 Å². The molecule has 4 heterocycles. The Balaban J connectivity index is 0.000000167. The van der Waals surface area contributed by atoms with Crippen molar-refractivity contribution in [1.29, 1.82) is 0 Å². The molecule has 54 heavy (non-hydrogen) atoms. The number of fused-ring (bicyclic) bond motifs is 2. The lowest BCUT2D eigenvalue weighted by Gasteiger charge is -2.09. The van der Waals surface area contributed by atoms with Crippen LogP contribution in [-0.2, 0) is 9.47 Å². The van der Waals surface area contributed by atoms with E-state index in [-0.39, 0.29) is 11.9 Å². The molecule has 8 rings (SSSR count). The molecular formula is C42H32ClN5O4S2. The fourth-order valence-corrected chi connectivity index (χ4v) is 7.95. The number of carbonyl (C=O) groups is 2. The molecule has 0 spiro atoms. The van der Waals surface area contributed by atoms with Crippen molar-refractivity contribution >= 4 is 95.0 Å². The van der Waals surface area contributed by atoms with E-state index in [1.54, 1.807) is 24.5 Å². The summed E-state index contributed by atoms with van der Waals surface area (Å²) in [5.74, 6) is -0.366. The van der Waals surface area contributed by atoms with Gasteiger partial charge in [-0.05, 0) is 58.7 Å². The van der Waals surface area contributed by atoms with Gasteiger partial charge < -0.3 is 25.8 Å². The monoisotopic (exact) mass is 769 g/mol. The number of hydrogen-bond donors (Lipinski definition) is 3. The number of nitrogens with zero attached hydrogens (tertiary/aromatic N) is 2. The maximum Gasteiger partial charge on any atom is 0.348 e. The summed E-state index contributed by atoms with van der Waals surface area (Å²) in [6.45, 7) is 0. The van der Waals surface area contributed by atoms with Crippen LogP contribution in [0.5, 0.6) is 0 Å². The van der Waals surface area contributed by atoms with Gasteiger partial charge >= 0.3 is 11.9 Å². The van der Waals surface area contributed by atoms with Gasteiger partial charge in [-0.1, -0.05) is 96.5 Å². The first-order chi connectivity index (χ1) is 26.3. The van der Waals surface area contributed by atoms with Crippen molar-refractivity contribution in [2.45, 2.75) is 0 Å².